The van der Waals surface area contributed by atoms with E-state index in [0.717, 1.165) is 0 Å². The number of ether oxygens (including phenoxy) is 1. The fourth-order valence-corrected chi connectivity index (χ4v) is 1.73. The first-order valence-electron chi connectivity index (χ1n) is 5.80. The van der Waals surface area contributed by atoms with Crippen molar-refractivity contribution in [3.8, 4) is 0 Å². The highest BCUT2D eigenvalue weighted by Crippen LogP contribution is 2.17. The van der Waals surface area contributed by atoms with Crippen molar-refractivity contribution in [2.75, 3.05) is 5.73 Å². The number of esters is 1. The third-order valence-corrected chi connectivity index (χ3v) is 2.99. The van der Waals surface area contributed by atoms with Gasteiger partial charge in [-0.3, -0.25) is 4.98 Å². The van der Waals surface area contributed by atoms with Gasteiger partial charge in [0.15, 0.2) is 0 Å². The van der Waals surface area contributed by atoms with Crippen LogP contribution in [0.2, 0.25) is 5.02 Å². The van der Waals surface area contributed by atoms with E-state index in [1.807, 2.05) is 0 Å². The predicted molar refractivity (Wildman–Crippen MR) is 73.9 cm³/mol. The molecule has 1 aromatic heterocycles. The van der Waals surface area contributed by atoms with Gasteiger partial charge in [0, 0.05) is 0 Å². The minimum Gasteiger partial charge on any atom is -0.457 e. The van der Waals surface area contributed by atoms with Gasteiger partial charge in [-0.05, 0) is 30.7 Å². The summed E-state index contributed by atoms with van der Waals surface area (Å²) in [5.74, 6) is -1.11. The predicted octanol–water partition coefficient (Wildman–Crippen LogP) is 3.12. The molecule has 0 amide bonds. The number of aromatic nitrogens is 1. The van der Waals surface area contributed by atoms with Crippen LogP contribution in [0.4, 0.5) is 10.1 Å². The van der Waals surface area contributed by atoms with Crippen LogP contribution in [-0.2, 0) is 11.3 Å². The number of nitrogens with two attached hydrogens (primary N) is 1. The Kier molecular flexibility index (Phi) is 4.20. The number of hydrogen-bond donors (Lipinski definition) is 1. The van der Waals surface area contributed by atoms with Gasteiger partial charge >= 0.3 is 5.97 Å². The average molecular weight is 295 g/mol. The number of nitrogen functional groups attached to an aromatic ring is 1. The number of benzene rings is 1. The Hall–Kier alpha value is -2.14. The molecular formula is C14H12ClFN2O2. The van der Waals surface area contributed by atoms with Crippen molar-refractivity contribution in [2.24, 2.45) is 0 Å². The van der Waals surface area contributed by atoms with Crippen LogP contribution in [0, 0.1) is 12.7 Å². The Morgan fingerprint density at radius 1 is 1.45 bits per heavy atom. The Morgan fingerprint density at radius 2 is 2.20 bits per heavy atom. The number of anilines is 1. The smallest absolute Gasteiger partial charge is 0.340 e. The highest BCUT2D eigenvalue weighted by molar-refractivity contribution is 6.30. The zero-order chi connectivity index (χ0) is 14.7. The Labute approximate surface area is 120 Å². The summed E-state index contributed by atoms with van der Waals surface area (Å²) in [5.41, 5.74) is 7.27. The molecule has 0 atom stereocenters. The molecule has 4 nitrogen and oxygen atoms in total. The monoisotopic (exact) mass is 294 g/mol. The van der Waals surface area contributed by atoms with Gasteiger partial charge in [-0.2, -0.15) is 0 Å². The molecule has 1 aromatic carbocycles. The van der Waals surface area contributed by atoms with E-state index in [-0.39, 0.29) is 11.6 Å². The third kappa shape index (κ3) is 3.24. The molecule has 20 heavy (non-hydrogen) atoms. The molecule has 1 heterocycles. The average Bonchev–Trinajstić information content (AvgIpc) is 2.42. The van der Waals surface area contributed by atoms with E-state index in [9.17, 15) is 9.18 Å². The molecule has 0 aliphatic heterocycles. The molecule has 0 fully saturated rings. The van der Waals surface area contributed by atoms with Crippen molar-refractivity contribution in [1.82, 2.24) is 4.98 Å². The fraction of sp³-hybridized carbons (Fsp3) is 0.143. The number of halogens is 2. The number of carbonyl (C=O) groups excluding carboxylic acids is 1. The summed E-state index contributed by atoms with van der Waals surface area (Å²) in [6.07, 6.45) is 1.46. The summed E-state index contributed by atoms with van der Waals surface area (Å²) >= 11 is 5.57. The molecule has 0 saturated carbocycles. The van der Waals surface area contributed by atoms with Crippen LogP contribution in [0.5, 0.6) is 0 Å². The molecule has 104 valence electrons. The summed E-state index contributed by atoms with van der Waals surface area (Å²) in [7, 11) is 0. The minimum absolute atomic E-state index is 0.0240. The fourth-order valence-electron chi connectivity index (χ4n) is 1.61. The second-order valence-corrected chi connectivity index (χ2v) is 4.63. The quantitative estimate of drug-likeness (QED) is 0.883. The third-order valence-electron chi connectivity index (χ3n) is 2.68. The number of rotatable bonds is 3. The zero-order valence-corrected chi connectivity index (χ0v) is 11.4. The first kappa shape index (κ1) is 14.3. The first-order chi connectivity index (χ1) is 9.47. The van der Waals surface area contributed by atoms with Crippen LogP contribution in [-0.4, -0.2) is 11.0 Å². The van der Waals surface area contributed by atoms with Crippen LogP contribution in [0.3, 0.4) is 0 Å². The molecule has 0 unspecified atom stereocenters. The molecule has 0 spiro atoms. The van der Waals surface area contributed by atoms with Crippen LogP contribution in [0.15, 0.2) is 30.5 Å². The van der Waals surface area contributed by atoms with E-state index in [4.69, 9.17) is 22.1 Å². The number of hydrogen-bond acceptors (Lipinski definition) is 4. The lowest BCUT2D eigenvalue weighted by Crippen LogP contribution is -2.09. The highest BCUT2D eigenvalue weighted by Gasteiger charge is 2.12. The molecule has 2 rings (SSSR count). The van der Waals surface area contributed by atoms with E-state index in [1.54, 1.807) is 13.0 Å². The Balaban J connectivity index is 2.08. The summed E-state index contributed by atoms with van der Waals surface area (Å²) in [6, 6.07) is 5.71. The van der Waals surface area contributed by atoms with Crippen molar-refractivity contribution in [1.29, 1.82) is 0 Å². The minimum atomic E-state index is -0.558. The van der Waals surface area contributed by atoms with Gasteiger partial charge < -0.3 is 10.5 Å². The van der Waals surface area contributed by atoms with E-state index in [0.29, 0.717) is 22.5 Å². The van der Waals surface area contributed by atoms with Gasteiger partial charge in [0.2, 0.25) is 0 Å². The molecule has 6 heteroatoms. The maximum absolute atomic E-state index is 13.2. The van der Waals surface area contributed by atoms with Crippen molar-refractivity contribution < 1.29 is 13.9 Å². The zero-order valence-electron chi connectivity index (χ0n) is 10.7. The SMILES string of the molecule is Cc1ncc(N)cc1C(=O)OCc1ccc(Cl)c(F)c1. The Bertz CT molecular complexity index is 662. The number of carbonyl (C=O) groups is 1. The molecule has 0 saturated heterocycles. The van der Waals surface area contributed by atoms with E-state index < -0.39 is 11.8 Å². The van der Waals surface area contributed by atoms with Crippen LogP contribution in [0.25, 0.3) is 0 Å². The van der Waals surface area contributed by atoms with Gasteiger partial charge in [-0.1, -0.05) is 17.7 Å². The first-order valence-corrected chi connectivity index (χ1v) is 6.18. The second-order valence-electron chi connectivity index (χ2n) is 4.23. The Morgan fingerprint density at radius 3 is 2.90 bits per heavy atom. The van der Waals surface area contributed by atoms with Gasteiger partial charge in [0.1, 0.15) is 12.4 Å². The summed E-state index contributed by atoms with van der Waals surface area (Å²) in [6.45, 7) is 1.62. The molecule has 0 radical (unpaired) electrons. The summed E-state index contributed by atoms with van der Waals surface area (Å²) in [4.78, 5) is 15.9. The van der Waals surface area contributed by atoms with Crippen molar-refractivity contribution >= 4 is 23.3 Å². The standard InChI is InChI=1S/C14H12ClFN2O2/c1-8-11(5-10(17)6-18-8)14(19)20-7-9-2-3-12(15)13(16)4-9/h2-6H,7,17H2,1H3. The highest BCUT2D eigenvalue weighted by atomic mass is 35.5. The molecular weight excluding hydrogens is 283 g/mol. The van der Waals surface area contributed by atoms with Crippen molar-refractivity contribution in [3.05, 3.63) is 58.1 Å². The lowest BCUT2D eigenvalue weighted by atomic mass is 10.2. The number of pyridine rings is 1. The summed E-state index contributed by atoms with van der Waals surface area (Å²) < 4.78 is 18.3. The van der Waals surface area contributed by atoms with Crippen molar-refractivity contribution in [2.45, 2.75) is 13.5 Å². The molecule has 0 aliphatic carbocycles. The van der Waals surface area contributed by atoms with Crippen LogP contribution in [0.1, 0.15) is 21.6 Å². The maximum atomic E-state index is 13.2. The van der Waals surface area contributed by atoms with E-state index in [1.165, 1.54) is 24.4 Å². The van der Waals surface area contributed by atoms with E-state index >= 15 is 0 Å². The molecule has 0 aliphatic rings. The van der Waals surface area contributed by atoms with Gasteiger partial charge in [-0.25, -0.2) is 9.18 Å². The molecule has 0 bridgehead atoms. The molecule has 2 N–H and O–H groups in total. The largest absolute Gasteiger partial charge is 0.457 e. The lowest BCUT2D eigenvalue weighted by molar-refractivity contribution is 0.0471. The second kappa shape index (κ2) is 5.88. The molecule has 2 aromatic rings. The van der Waals surface area contributed by atoms with Gasteiger partial charge in [0.25, 0.3) is 0 Å². The van der Waals surface area contributed by atoms with Crippen LogP contribution >= 0.6 is 11.6 Å². The maximum Gasteiger partial charge on any atom is 0.340 e. The number of nitrogens with zero attached hydrogens (tertiary/aromatic N) is 1. The summed E-state index contributed by atoms with van der Waals surface area (Å²) in [5, 5.41) is 0.0240. The lowest BCUT2D eigenvalue weighted by Gasteiger charge is -2.08. The van der Waals surface area contributed by atoms with Crippen molar-refractivity contribution in [3.63, 3.8) is 0 Å². The van der Waals surface area contributed by atoms with Gasteiger partial charge in [0.05, 0.1) is 28.2 Å². The van der Waals surface area contributed by atoms with E-state index in [2.05, 4.69) is 4.98 Å². The van der Waals surface area contributed by atoms with Crippen LogP contribution < -0.4 is 5.73 Å². The number of aryl methyl sites for hydroxylation is 1. The normalized spacial score (nSPS) is 10.3. The van der Waals surface area contributed by atoms with Gasteiger partial charge in [-0.15, -0.1) is 0 Å². The topological polar surface area (TPSA) is 65.2 Å².